The standard InChI is InChI=1S/C29H33F3N2O6/c1-18(2)21-9-13-24(25(14-21)40-29(30,31)32)33-26(35)17-34(16-23-10-6-19(3)38-23)15-20-7-11-22(12-8-20)39-28(4,5)27(36)37/h6-14,18H,15-17H2,1-5H3,(H,33,35)(H,36,37). The number of alkyl halides is 3. The molecule has 8 nitrogen and oxygen atoms in total. The highest BCUT2D eigenvalue weighted by Crippen LogP contribution is 2.33. The number of rotatable bonds is 12. The van der Waals surface area contributed by atoms with Gasteiger partial charge in [-0.15, -0.1) is 13.2 Å². The lowest BCUT2D eigenvalue weighted by Crippen LogP contribution is -2.37. The number of carbonyl (C=O) groups is 2. The van der Waals surface area contributed by atoms with Gasteiger partial charge in [-0.25, -0.2) is 4.79 Å². The maximum Gasteiger partial charge on any atom is 0.573 e. The number of hydrogen-bond acceptors (Lipinski definition) is 6. The Hall–Kier alpha value is -3.99. The highest BCUT2D eigenvalue weighted by molar-refractivity contribution is 5.93. The number of halogens is 3. The molecule has 0 bridgehead atoms. The van der Waals surface area contributed by atoms with Crippen LogP contribution in [0.4, 0.5) is 18.9 Å². The van der Waals surface area contributed by atoms with Crippen molar-refractivity contribution in [1.82, 2.24) is 4.90 Å². The summed E-state index contributed by atoms with van der Waals surface area (Å²) < 4.78 is 54.6. The number of hydrogen-bond donors (Lipinski definition) is 2. The molecule has 3 rings (SSSR count). The van der Waals surface area contributed by atoms with Gasteiger partial charge in [-0.2, -0.15) is 0 Å². The van der Waals surface area contributed by atoms with Gasteiger partial charge in [0, 0.05) is 6.54 Å². The Balaban J connectivity index is 1.78. The molecule has 0 aliphatic carbocycles. The van der Waals surface area contributed by atoms with Crippen molar-refractivity contribution in [3.05, 3.63) is 77.2 Å². The summed E-state index contributed by atoms with van der Waals surface area (Å²) >= 11 is 0. The number of benzene rings is 2. The van der Waals surface area contributed by atoms with Crippen molar-refractivity contribution in [2.45, 2.75) is 65.6 Å². The fourth-order valence-electron chi connectivity index (χ4n) is 3.82. The van der Waals surface area contributed by atoms with E-state index in [1.54, 1.807) is 54.3 Å². The number of aryl methyl sites for hydroxylation is 1. The molecule has 0 atom stereocenters. The van der Waals surface area contributed by atoms with Crippen LogP contribution in [0.5, 0.6) is 11.5 Å². The lowest BCUT2D eigenvalue weighted by molar-refractivity contribution is -0.274. The molecule has 2 N–H and O–H groups in total. The van der Waals surface area contributed by atoms with Crippen molar-refractivity contribution in [2.75, 3.05) is 11.9 Å². The van der Waals surface area contributed by atoms with Gasteiger partial charge in [0.25, 0.3) is 0 Å². The highest BCUT2D eigenvalue weighted by Gasteiger charge is 2.33. The van der Waals surface area contributed by atoms with Gasteiger partial charge in [-0.3, -0.25) is 9.69 Å². The first-order valence-electron chi connectivity index (χ1n) is 12.6. The van der Waals surface area contributed by atoms with Crippen LogP contribution in [-0.4, -0.2) is 40.4 Å². The lowest BCUT2D eigenvalue weighted by atomic mass is 10.0. The molecule has 11 heteroatoms. The van der Waals surface area contributed by atoms with E-state index in [4.69, 9.17) is 9.15 Å². The number of nitrogens with zero attached hydrogens (tertiary/aromatic N) is 1. The van der Waals surface area contributed by atoms with Crippen LogP contribution >= 0.6 is 0 Å². The van der Waals surface area contributed by atoms with E-state index in [1.807, 2.05) is 13.8 Å². The van der Waals surface area contributed by atoms with E-state index >= 15 is 0 Å². The molecule has 0 saturated carbocycles. The molecular weight excluding hydrogens is 529 g/mol. The zero-order chi connectivity index (χ0) is 29.7. The van der Waals surface area contributed by atoms with Crippen LogP contribution in [-0.2, 0) is 22.7 Å². The van der Waals surface area contributed by atoms with Crippen molar-refractivity contribution in [3.8, 4) is 11.5 Å². The zero-order valence-electron chi connectivity index (χ0n) is 23.0. The predicted octanol–water partition coefficient (Wildman–Crippen LogP) is 6.49. The zero-order valence-corrected chi connectivity index (χ0v) is 23.0. The Morgan fingerprint density at radius 3 is 2.23 bits per heavy atom. The molecule has 0 unspecified atom stereocenters. The topological polar surface area (TPSA) is 101 Å². The molecule has 0 aliphatic rings. The molecule has 0 aliphatic heterocycles. The summed E-state index contributed by atoms with van der Waals surface area (Å²) in [6.07, 6.45) is -4.92. The smallest absolute Gasteiger partial charge is 0.478 e. The quantitative estimate of drug-likeness (QED) is 0.260. The summed E-state index contributed by atoms with van der Waals surface area (Å²) in [5.41, 5.74) is -0.0848. The van der Waals surface area contributed by atoms with Crippen LogP contribution in [0.25, 0.3) is 0 Å². The molecule has 1 aromatic heterocycles. The fraction of sp³-hybridized carbons (Fsp3) is 0.379. The number of carboxylic acids is 1. The van der Waals surface area contributed by atoms with Gasteiger partial charge in [-0.1, -0.05) is 32.0 Å². The van der Waals surface area contributed by atoms with Crippen LogP contribution in [0.1, 0.15) is 56.3 Å². The Morgan fingerprint density at radius 2 is 1.68 bits per heavy atom. The van der Waals surface area contributed by atoms with Gasteiger partial charge in [0.1, 0.15) is 17.3 Å². The second-order valence-electron chi connectivity index (χ2n) is 10.2. The van der Waals surface area contributed by atoms with E-state index in [0.29, 0.717) is 22.8 Å². The number of furan rings is 1. The molecule has 1 heterocycles. The van der Waals surface area contributed by atoms with E-state index in [0.717, 1.165) is 5.56 Å². The number of aliphatic carboxylic acids is 1. The summed E-state index contributed by atoms with van der Waals surface area (Å²) in [5.74, 6) is -0.512. The largest absolute Gasteiger partial charge is 0.573 e. The molecule has 0 spiro atoms. The van der Waals surface area contributed by atoms with Crippen molar-refractivity contribution >= 4 is 17.6 Å². The van der Waals surface area contributed by atoms with Crippen LogP contribution < -0.4 is 14.8 Å². The minimum absolute atomic E-state index is 0.0421. The maximum absolute atomic E-state index is 13.1. The minimum Gasteiger partial charge on any atom is -0.478 e. The Labute approximate surface area is 230 Å². The predicted molar refractivity (Wildman–Crippen MR) is 142 cm³/mol. The molecule has 40 heavy (non-hydrogen) atoms. The Bertz CT molecular complexity index is 1320. The van der Waals surface area contributed by atoms with Crippen molar-refractivity contribution < 1.29 is 41.8 Å². The lowest BCUT2D eigenvalue weighted by Gasteiger charge is -2.23. The number of carbonyl (C=O) groups excluding carboxylic acids is 1. The molecule has 2 aromatic carbocycles. The van der Waals surface area contributed by atoms with Crippen LogP contribution in [0.3, 0.4) is 0 Å². The number of ether oxygens (including phenoxy) is 2. The third-order valence-corrected chi connectivity index (χ3v) is 5.93. The van der Waals surface area contributed by atoms with Crippen molar-refractivity contribution in [1.29, 1.82) is 0 Å². The first-order valence-corrected chi connectivity index (χ1v) is 12.6. The molecule has 3 aromatic rings. The fourth-order valence-corrected chi connectivity index (χ4v) is 3.82. The summed E-state index contributed by atoms with van der Waals surface area (Å²) in [7, 11) is 0. The minimum atomic E-state index is -4.92. The average Bonchev–Trinajstić information content (AvgIpc) is 3.24. The van der Waals surface area contributed by atoms with E-state index < -0.39 is 29.6 Å². The van der Waals surface area contributed by atoms with Crippen LogP contribution in [0.15, 0.2) is 59.0 Å². The number of anilines is 1. The third kappa shape index (κ3) is 9.04. The highest BCUT2D eigenvalue weighted by atomic mass is 19.4. The first kappa shape index (κ1) is 30.6. The number of carboxylic acid groups (broad SMARTS) is 1. The van der Waals surface area contributed by atoms with Gasteiger partial charge < -0.3 is 24.3 Å². The molecule has 1 amide bonds. The summed E-state index contributed by atoms with van der Waals surface area (Å²) in [5, 5.41) is 11.8. The normalized spacial score (nSPS) is 12.1. The number of nitrogens with one attached hydrogen (secondary N) is 1. The molecular formula is C29H33F3N2O6. The second kappa shape index (κ2) is 12.5. The molecule has 0 radical (unpaired) electrons. The Kier molecular flexibility index (Phi) is 9.52. The van der Waals surface area contributed by atoms with Crippen LogP contribution in [0.2, 0.25) is 0 Å². The molecule has 0 saturated heterocycles. The van der Waals surface area contributed by atoms with E-state index in [9.17, 15) is 27.9 Å². The second-order valence-corrected chi connectivity index (χ2v) is 10.2. The van der Waals surface area contributed by atoms with E-state index in [-0.39, 0.29) is 31.2 Å². The summed E-state index contributed by atoms with van der Waals surface area (Å²) in [4.78, 5) is 26.1. The Morgan fingerprint density at radius 1 is 1.00 bits per heavy atom. The monoisotopic (exact) mass is 562 g/mol. The van der Waals surface area contributed by atoms with Gasteiger partial charge in [0.05, 0.1) is 18.8 Å². The number of amides is 1. The maximum atomic E-state index is 13.1. The third-order valence-electron chi connectivity index (χ3n) is 5.93. The summed E-state index contributed by atoms with van der Waals surface area (Å²) in [6, 6.07) is 14.6. The SMILES string of the molecule is Cc1ccc(CN(CC(=O)Nc2ccc(C(C)C)cc2OC(F)(F)F)Cc2ccc(OC(C)(C)C(=O)O)cc2)o1. The van der Waals surface area contributed by atoms with Crippen molar-refractivity contribution in [2.24, 2.45) is 0 Å². The average molecular weight is 563 g/mol. The van der Waals surface area contributed by atoms with E-state index in [1.165, 1.54) is 26.0 Å². The molecule has 0 fully saturated rings. The van der Waals surface area contributed by atoms with Gasteiger partial charge in [0.2, 0.25) is 5.91 Å². The van der Waals surface area contributed by atoms with Crippen LogP contribution in [0, 0.1) is 6.92 Å². The van der Waals surface area contributed by atoms with E-state index in [2.05, 4.69) is 10.1 Å². The summed E-state index contributed by atoms with van der Waals surface area (Å²) in [6.45, 7) is 8.72. The first-order chi connectivity index (χ1) is 18.6. The van der Waals surface area contributed by atoms with Gasteiger partial charge >= 0.3 is 12.3 Å². The van der Waals surface area contributed by atoms with Gasteiger partial charge in [-0.05, 0) is 74.2 Å². The molecule has 216 valence electrons. The van der Waals surface area contributed by atoms with Crippen molar-refractivity contribution in [3.63, 3.8) is 0 Å². The van der Waals surface area contributed by atoms with Gasteiger partial charge in [0.15, 0.2) is 11.4 Å².